The minimum absolute atomic E-state index is 0.242. The molecular weight excluding hydrogens is 266 g/mol. The molecule has 4 nitrogen and oxygen atoms in total. The third-order valence-corrected chi connectivity index (χ3v) is 2.83. The monoisotopic (exact) mass is 278 g/mol. The average Bonchev–Trinajstić information content (AvgIpc) is 2.46. The second kappa shape index (κ2) is 6.20. The van der Waals surface area contributed by atoms with Crippen LogP contribution in [0.4, 0.5) is 5.69 Å². The number of para-hydroxylation sites is 1. The van der Waals surface area contributed by atoms with Gasteiger partial charge in [-0.3, -0.25) is 0 Å². The summed E-state index contributed by atoms with van der Waals surface area (Å²) in [6.45, 7) is 0.328. The van der Waals surface area contributed by atoms with Crippen molar-refractivity contribution in [3.8, 4) is 5.75 Å². The molecule has 19 heavy (non-hydrogen) atoms. The van der Waals surface area contributed by atoms with Gasteiger partial charge in [-0.15, -0.1) is 0 Å². The Hall–Kier alpha value is -2.07. The van der Waals surface area contributed by atoms with E-state index in [0.29, 0.717) is 22.3 Å². The lowest BCUT2D eigenvalue weighted by Gasteiger charge is -2.07. The Morgan fingerprint density at radius 2 is 1.84 bits per heavy atom. The maximum absolute atomic E-state index is 11.6. The Labute approximate surface area is 116 Å². The Morgan fingerprint density at radius 3 is 2.53 bits per heavy atom. The van der Waals surface area contributed by atoms with Crippen molar-refractivity contribution in [2.45, 2.75) is 6.61 Å². The number of halogens is 1. The molecule has 0 aliphatic carbocycles. The van der Waals surface area contributed by atoms with Gasteiger partial charge in [0.25, 0.3) is 4.92 Å². The summed E-state index contributed by atoms with van der Waals surface area (Å²) in [7, 11) is 1.29. The number of hydrogen-bond donors (Lipinski definition) is 0. The normalized spacial score (nSPS) is 10.0. The predicted octanol–water partition coefficient (Wildman–Crippen LogP) is 3.89. The van der Waals surface area contributed by atoms with Crippen LogP contribution in [-0.2, 0) is 11.4 Å². The lowest BCUT2D eigenvalue weighted by molar-refractivity contribution is -0.736. The average molecular weight is 279 g/mol. The van der Waals surface area contributed by atoms with Crippen LogP contribution in [0.1, 0.15) is 5.56 Å². The first-order valence-corrected chi connectivity index (χ1v) is 6.07. The summed E-state index contributed by atoms with van der Waals surface area (Å²) in [5.41, 5.74) is 1.23. The zero-order valence-corrected chi connectivity index (χ0v) is 11.1. The van der Waals surface area contributed by atoms with Gasteiger partial charge in [-0.25, -0.2) is 4.84 Å². The Kier molecular flexibility index (Phi) is 4.36. The van der Waals surface area contributed by atoms with Gasteiger partial charge in [0, 0.05) is 6.07 Å². The summed E-state index contributed by atoms with van der Waals surface area (Å²) in [6, 6.07) is 14.5. The molecule has 5 heteroatoms. The molecule has 0 N–H and O–H groups in total. The molecule has 0 amide bonds. The summed E-state index contributed by atoms with van der Waals surface area (Å²) in [4.78, 5) is 16.5. The number of rotatable bonds is 5. The van der Waals surface area contributed by atoms with E-state index in [9.17, 15) is 4.91 Å². The van der Waals surface area contributed by atoms with E-state index in [1.807, 2.05) is 30.3 Å². The van der Waals surface area contributed by atoms with Crippen LogP contribution in [0.15, 0.2) is 48.5 Å². The first-order valence-electron chi connectivity index (χ1n) is 5.69. The maximum atomic E-state index is 11.6. The highest BCUT2D eigenvalue weighted by Crippen LogP contribution is 2.35. The molecule has 2 aromatic carbocycles. The van der Waals surface area contributed by atoms with E-state index >= 15 is 0 Å². The van der Waals surface area contributed by atoms with Crippen LogP contribution in [0.2, 0.25) is 5.02 Å². The zero-order valence-electron chi connectivity index (χ0n) is 10.4. The molecule has 0 spiro atoms. The van der Waals surface area contributed by atoms with E-state index in [1.165, 1.54) is 7.11 Å². The van der Waals surface area contributed by atoms with E-state index in [-0.39, 0.29) is 5.69 Å². The molecule has 0 radical (unpaired) electrons. The topological polar surface area (TPSA) is 38.5 Å². The van der Waals surface area contributed by atoms with E-state index in [4.69, 9.17) is 16.3 Å². The molecule has 0 fully saturated rings. The second-order valence-corrected chi connectivity index (χ2v) is 4.21. The fourth-order valence-corrected chi connectivity index (χ4v) is 1.84. The van der Waals surface area contributed by atoms with Crippen molar-refractivity contribution in [1.29, 1.82) is 0 Å². The molecule has 98 valence electrons. The summed E-state index contributed by atoms with van der Waals surface area (Å²) < 4.78 is 5.62. The summed E-state index contributed by atoms with van der Waals surface area (Å²) in [5, 5.41) is 0.367. The molecule has 0 aromatic heterocycles. The highest BCUT2D eigenvalue weighted by atomic mass is 35.5. The molecule has 0 aliphatic heterocycles. The van der Waals surface area contributed by atoms with Crippen LogP contribution in [0.25, 0.3) is 0 Å². The Bertz CT molecular complexity index is 572. The largest absolute Gasteiger partial charge is 0.481 e. The molecule has 2 rings (SSSR count). The Morgan fingerprint density at radius 1 is 1.11 bits per heavy atom. The molecule has 0 saturated heterocycles. The fourth-order valence-electron chi connectivity index (χ4n) is 1.61. The van der Waals surface area contributed by atoms with Gasteiger partial charge in [0.1, 0.15) is 6.61 Å². The van der Waals surface area contributed by atoms with Crippen molar-refractivity contribution < 1.29 is 14.5 Å². The lowest BCUT2D eigenvalue weighted by Crippen LogP contribution is -2.03. The molecule has 0 unspecified atom stereocenters. The van der Waals surface area contributed by atoms with Crippen LogP contribution < -0.4 is 4.74 Å². The van der Waals surface area contributed by atoms with Gasteiger partial charge in [0.2, 0.25) is 5.75 Å². The highest BCUT2D eigenvalue weighted by molar-refractivity contribution is 6.32. The quantitative estimate of drug-likeness (QED) is 0.779. The van der Waals surface area contributed by atoms with Crippen LogP contribution in [0.5, 0.6) is 5.75 Å². The van der Waals surface area contributed by atoms with E-state index in [1.54, 1.807) is 18.2 Å². The first kappa shape index (κ1) is 13.4. The first-order chi connectivity index (χ1) is 9.22. The molecule has 0 heterocycles. The van der Waals surface area contributed by atoms with Crippen molar-refractivity contribution >= 4 is 17.3 Å². The summed E-state index contributed by atoms with van der Waals surface area (Å²) in [5.74, 6) is 0.310. The maximum Gasteiger partial charge on any atom is 0.359 e. The van der Waals surface area contributed by atoms with E-state index in [0.717, 1.165) is 5.56 Å². The van der Waals surface area contributed by atoms with E-state index in [2.05, 4.69) is 4.84 Å². The third-order valence-electron chi connectivity index (χ3n) is 2.53. The number of ether oxygens (including phenoxy) is 1. The van der Waals surface area contributed by atoms with Crippen molar-refractivity contribution in [2.75, 3.05) is 7.11 Å². The molecular formula is C14H13ClNO3+. The number of hydrogen-bond acceptors (Lipinski definition) is 3. The Balaban J connectivity index is 2.22. The minimum atomic E-state index is 0.242. The van der Waals surface area contributed by atoms with Crippen molar-refractivity contribution in [3.05, 3.63) is 64.0 Å². The van der Waals surface area contributed by atoms with Crippen molar-refractivity contribution in [3.63, 3.8) is 0 Å². The van der Waals surface area contributed by atoms with Crippen LogP contribution in [0.3, 0.4) is 0 Å². The van der Waals surface area contributed by atoms with Gasteiger partial charge in [0.05, 0.1) is 9.93 Å². The number of benzene rings is 2. The molecule has 2 aromatic rings. The summed E-state index contributed by atoms with van der Waals surface area (Å²) in [6.07, 6.45) is 0. The van der Waals surface area contributed by atoms with Crippen molar-refractivity contribution in [2.24, 2.45) is 0 Å². The van der Waals surface area contributed by atoms with Gasteiger partial charge in [-0.05, 0) is 11.6 Å². The highest BCUT2D eigenvalue weighted by Gasteiger charge is 2.24. The summed E-state index contributed by atoms with van der Waals surface area (Å²) >= 11 is 6.05. The SMILES string of the molecule is CO[N+](=O)c1cccc(Cl)c1OCc1ccccc1. The van der Waals surface area contributed by atoms with Crippen molar-refractivity contribution in [1.82, 2.24) is 0 Å². The van der Waals surface area contributed by atoms with Crippen LogP contribution >= 0.6 is 11.6 Å². The third kappa shape index (κ3) is 3.23. The predicted molar refractivity (Wildman–Crippen MR) is 72.5 cm³/mol. The second-order valence-electron chi connectivity index (χ2n) is 3.80. The molecule has 0 bridgehead atoms. The van der Waals surface area contributed by atoms with Gasteiger partial charge in [0.15, 0.2) is 7.11 Å². The standard InChI is InChI=1S/C14H13ClNO3/c1-18-16(17)13-9-5-8-12(15)14(13)19-10-11-6-3-2-4-7-11/h2-9H,10H2,1H3/q+1. The van der Waals surface area contributed by atoms with Gasteiger partial charge < -0.3 is 4.74 Å². The molecule has 0 saturated carbocycles. The van der Waals surface area contributed by atoms with Gasteiger partial charge in [-0.2, -0.15) is 0 Å². The van der Waals surface area contributed by atoms with Gasteiger partial charge >= 0.3 is 5.69 Å². The fraction of sp³-hybridized carbons (Fsp3) is 0.143. The molecule has 0 aliphatic rings. The zero-order chi connectivity index (χ0) is 13.7. The van der Waals surface area contributed by atoms with Gasteiger partial charge in [-0.1, -0.05) is 48.0 Å². The molecule has 0 atom stereocenters. The van der Waals surface area contributed by atoms with Crippen LogP contribution in [0, 0.1) is 4.91 Å². The smallest absolute Gasteiger partial charge is 0.359 e. The van der Waals surface area contributed by atoms with Crippen LogP contribution in [-0.4, -0.2) is 12.0 Å². The number of nitrogens with zero attached hydrogens (tertiary/aromatic N) is 1. The minimum Gasteiger partial charge on any atom is -0.481 e. The lowest BCUT2D eigenvalue weighted by atomic mass is 10.2. The van der Waals surface area contributed by atoms with E-state index < -0.39 is 0 Å².